The third-order valence-electron chi connectivity index (χ3n) is 5.12. The number of nitriles is 1. The summed E-state index contributed by atoms with van der Waals surface area (Å²) in [5, 5.41) is 15.8. The molecule has 2 unspecified atom stereocenters. The van der Waals surface area contributed by atoms with E-state index in [1.54, 1.807) is 7.05 Å². The Morgan fingerprint density at radius 2 is 2.04 bits per heavy atom. The fourth-order valence-electron chi connectivity index (χ4n) is 3.56. The van der Waals surface area contributed by atoms with E-state index in [0.717, 1.165) is 37.5 Å². The zero-order chi connectivity index (χ0) is 19.8. The van der Waals surface area contributed by atoms with Crippen molar-refractivity contribution in [3.05, 3.63) is 70.8 Å². The highest BCUT2D eigenvalue weighted by atomic mass is 16.5. The van der Waals surface area contributed by atoms with Gasteiger partial charge in [0.25, 0.3) is 0 Å². The Kier molecular flexibility index (Phi) is 7.05. The van der Waals surface area contributed by atoms with Crippen molar-refractivity contribution in [2.75, 3.05) is 20.2 Å². The normalized spacial score (nSPS) is 19.7. The number of rotatable bonds is 5. The molecule has 0 aliphatic carbocycles. The number of hydrogen-bond donors (Lipinski definition) is 2. The predicted molar refractivity (Wildman–Crippen MR) is 112 cm³/mol. The first-order valence-corrected chi connectivity index (χ1v) is 9.81. The molecular formula is C23H28N4O. The second-order valence-corrected chi connectivity index (χ2v) is 7.22. The summed E-state index contributed by atoms with van der Waals surface area (Å²) in [5.41, 5.74) is 4.23. The lowest BCUT2D eigenvalue weighted by Gasteiger charge is -2.32. The maximum absolute atomic E-state index is 9.03. The number of hydrogen-bond acceptors (Lipinski definition) is 3. The van der Waals surface area contributed by atoms with Crippen LogP contribution in [-0.2, 0) is 11.3 Å². The van der Waals surface area contributed by atoms with Crippen LogP contribution >= 0.6 is 0 Å². The highest BCUT2D eigenvalue weighted by molar-refractivity contribution is 5.79. The molecule has 0 amide bonds. The van der Waals surface area contributed by atoms with Gasteiger partial charge in [0.1, 0.15) is 0 Å². The number of aliphatic imine (C=N–C) groups is 1. The van der Waals surface area contributed by atoms with Gasteiger partial charge in [-0.05, 0) is 43.0 Å². The molecule has 28 heavy (non-hydrogen) atoms. The van der Waals surface area contributed by atoms with Gasteiger partial charge in [-0.1, -0.05) is 42.0 Å². The Bertz CT molecular complexity index is 838. The summed E-state index contributed by atoms with van der Waals surface area (Å²) in [6.07, 6.45) is 2.33. The second-order valence-electron chi connectivity index (χ2n) is 7.22. The number of benzene rings is 2. The average Bonchev–Trinajstić information content (AvgIpc) is 2.75. The molecule has 0 bridgehead atoms. The Morgan fingerprint density at radius 1 is 1.21 bits per heavy atom. The van der Waals surface area contributed by atoms with E-state index in [2.05, 4.69) is 52.9 Å². The van der Waals surface area contributed by atoms with Crippen molar-refractivity contribution in [1.82, 2.24) is 10.6 Å². The topological polar surface area (TPSA) is 69.4 Å². The van der Waals surface area contributed by atoms with E-state index in [0.29, 0.717) is 18.0 Å². The van der Waals surface area contributed by atoms with Crippen molar-refractivity contribution >= 4 is 5.96 Å². The lowest BCUT2D eigenvalue weighted by molar-refractivity contribution is -0.0265. The summed E-state index contributed by atoms with van der Waals surface area (Å²) in [6.45, 7) is 4.35. The second kappa shape index (κ2) is 9.91. The average molecular weight is 377 g/mol. The molecule has 5 nitrogen and oxygen atoms in total. The summed E-state index contributed by atoms with van der Waals surface area (Å²) >= 11 is 0. The first kappa shape index (κ1) is 19.9. The van der Waals surface area contributed by atoms with Gasteiger partial charge in [0.2, 0.25) is 0 Å². The molecule has 2 aromatic carbocycles. The van der Waals surface area contributed by atoms with Gasteiger partial charge in [-0.2, -0.15) is 5.26 Å². The summed E-state index contributed by atoms with van der Waals surface area (Å²) in [5.74, 6) is 1.16. The zero-order valence-corrected chi connectivity index (χ0v) is 16.6. The summed E-state index contributed by atoms with van der Waals surface area (Å²) in [4.78, 5) is 4.33. The van der Waals surface area contributed by atoms with Gasteiger partial charge in [-0.15, -0.1) is 0 Å². The molecule has 0 saturated carbocycles. The lowest BCUT2D eigenvalue weighted by atomic mass is 9.89. The van der Waals surface area contributed by atoms with Gasteiger partial charge < -0.3 is 15.4 Å². The van der Waals surface area contributed by atoms with Crippen LogP contribution in [0.25, 0.3) is 0 Å². The molecule has 1 fully saturated rings. The summed E-state index contributed by atoms with van der Waals surface area (Å²) in [6, 6.07) is 18.4. The van der Waals surface area contributed by atoms with E-state index in [1.165, 1.54) is 11.1 Å². The third-order valence-corrected chi connectivity index (χ3v) is 5.12. The molecule has 2 N–H and O–H groups in total. The minimum absolute atomic E-state index is 0.118. The lowest BCUT2D eigenvalue weighted by Crippen LogP contribution is -2.41. The summed E-state index contributed by atoms with van der Waals surface area (Å²) in [7, 11) is 1.77. The van der Waals surface area contributed by atoms with Gasteiger partial charge in [0.05, 0.1) is 17.7 Å². The Labute approximate surface area is 167 Å². The highest BCUT2D eigenvalue weighted by Crippen LogP contribution is 2.33. The SMILES string of the molecule is CN=C(NCc1cccc(C#N)c1)NCC1CCCOC1c1ccc(C)cc1. The van der Waals surface area contributed by atoms with Crippen LogP contribution in [-0.4, -0.2) is 26.2 Å². The third kappa shape index (κ3) is 5.34. The van der Waals surface area contributed by atoms with Crippen molar-refractivity contribution in [2.45, 2.75) is 32.4 Å². The molecule has 1 heterocycles. The van der Waals surface area contributed by atoms with Crippen molar-refractivity contribution < 1.29 is 4.74 Å². The van der Waals surface area contributed by atoms with Crippen LogP contribution < -0.4 is 10.6 Å². The van der Waals surface area contributed by atoms with Gasteiger partial charge in [0.15, 0.2) is 5.96 Å². The fourth-order valence-corrected chi connectivity index (χ4v) is 3.56. The van der Waals surface area contributed by atoms with Crippen LogP contribution in [0.2, 0.25) is 0 Å². The molecule has 1 aliphatic rings. The number of nitrogens with zero attached hydrogens (tertiary/aromatic N) is 2. The van der Waals surface area contributed by atoms with Gasteiger partial charge >= 0.3 is 0 Å². The molecule has 2 aromatic rings. The largest absolute Gasteiger partial charge is 0.373 e. The monoisotopic (exact) mass is 376 g/mol. The Balaban J connectivity index is 1.56. The van der Waals surface area contributed by atoms with Gasteiger partial charge in [-0.25, -0.2) is 0 Å². The number of guanidine groups is 1. The van der Waals surface area contributed by atoms with E-state index < -0.39 is 0 Å². The number of aryl methyl sites for hydroxylation is 1. The smallest absolute Gasteiger partial charge is 0.191 e. The van der Waals surface area contributed by atoms with Crippen LogP contribution in [0.1, 0.15) is 41.2 Å². The van der Waals surface area contributed by atoms with Crippen LogP contribution in [0.5, 0.6) is 0 Å². The molecule has 1 aliphatic heterocycles. The molecule has 5 heteroatoms. The minimum Gasteiger partial charge on any atom is -0.373 e. The highest BCUT2D eigenvalue weighted by Gasteiger charge is 2.27. The maximum Gasteiger partial charge on any atom is 0.191 e. The molecule has 0 aromatic heterocycles. The first-order chi connectivity index (χ1) is 13.7. The molecule has 1 saturated heterocycles. The Morgan fingerprint density at radius 3 is 2.79 bits per heavy atom. The molecule has 2 atom stereocenters. The predicted octanol–water partition coefficient (Wildman–Crippen LogP) is 3.70. The molecule has 0 spiro atoms. The van der Waals surface area contributed by atoms with Crippen molar-refractivity contribution in [3.8, 4) is 6.07 Å². The van der Waals surface area contributed by atoms with Crippen LogP contribution in [0.15, 0.2) is 53.5 Å². The van der Waals surface area contributed by atoms with Crippen LogP contribution in [0.3, 0.4) is 0 Å². The van der Waals surface area contributed by atoms with E-state index in [-0.39, 0.29) is 6.10 Å². The zero-order valence-electron chi connectivity index (χ0n) is 16.6. The summed E-state index contributed by atoms with van der Waals surface area (Å²) < 4.78 is 6.11. The number of nitrogens with one attached hydrogen (secondary N) is 2. The molecular weight excluding hydrogens is 348 g/mol. The van der Waals surface area contributed by atoms with Crippen LogP contribution in [0, 0.1) is 24.2 Å². The van der Waals surface area contributed by atoms with Crippen molar-refractivity contribution in [2.24, 2.45) is 10.9 Å². The standard InChI is InChI=1S/C23H28N4O/c1-17-8-10-20(11-9-17)22-21(7-4-12-28-22)16-27-23(25-2)26-15-19-6-3-5-18(13-19)14-24/h3,5-6,8-11,13,21-22H,4,7,12,15-16H2,1-2H3,(H2,25,26,27). The number of ether oxygens (including phenoxy) is 1. The molecule has 3 rings (SSSR count). The van der Waals surface area contributed by atoms with Crippen molar-refractivity contribution in [3.63, 3.8) is 0 Å². The van der Waals surface area contributed by atoms with E-state index in [1.807, 2.05) is 24.3 Å². The van der Waals surface area contributed by atoms with Crippen molar-refractivity contribution in [1.29, 1.82) is 5.26 Å². The first-order valence-electron chi connectivity index (χ1n) is 9.81. The van der Waals surface area contributed by atoms with Gasteiger partial charge in [-0.3, -0.25) is 4.99 Å². The minimum atomic E-state index is 0.118. The Hall–Kier alpha value is -2.84. The van der Waals surface area contributed by atoms with Gasteiger partial charge in [0, 0.05) is 32.7 Å². The molecule has 146 valence electrons. The van der Waals surface area contributed by atoms with Crippen LogP contribution in [0.4, 0.5) is 0 Å². The quantitative estimate of drug-likeness (QED) is 0.617. The fraction of sp³-hybridized carbons (Fsp3) is 0.391. The van der Waals surface area contributed by atoms with E-state index >= 15 is 0 Å². The maximum atomic E-state index is 9.03. The van der Waals surface area contributed by atoms with E-state index in [9.17, 15) is 0 Å². The van der Waals surface area contributed by atoms with E-state index in [4.69, 9.17) is 10.00 Å². The molecule has 0 radical (unpaired) electrons.